The van der Waals surface area contributed by atoms with Crippen molar-refractivity contribution in [3.63, 3.8) is 0 Å². The summed E-state index contributed by atoms with van der Waals surface area (Å²) in [6.07, 6.45) is 1.46. The Hall–Kier alpha value is -0.0400. The predicted molar refractivity (Wildman–Crippen MR) is 45.0 cm³/mol. The van der Waals surface area contributed by atoms with Crippen LogP contribution < -0.4 is 0 Å². The molecule has 1 heteroatoms. The Morgan fingerprint density at radius 2 is 2.00 bits per heavy atom. The normalized spacial score (nSPS) is 31.8. The molecule has 0 radical (unpaired) electrons. The summed E-state index contributed by atoms with van der Waals surface area (Å²) in [5.74, 6) is 2.01. The Kier molecular flexibility index (Phi) is 2.35. The van der Waals surface area contributed by atoms with Gasteiger partial charge in [-0.15, -0.1) is 0 Å². The number of hydrogen-bond acceptors (Lipinski definition) is 1. The molecule has 1 saturated carbocycles. The van der Waals surface area contributed by atoms with Gasteiger partial charge < -0.3 is 4.90 Å². The summed E-state index contributed by atoms with van der Waals surface area (Å²) in [6, 6.07) is 0.716. The van der Waals surface area contributed by atoms with Crippen molar-refractivity contribution >= 4 is 0 Å². The van der Waals surface area contributed by atoms with Crippen molar-refractivity contribution in [2.75, 3.05) is 13.6 Å². The van der Waals surface area contributed by atoms with E-state index in [1.165, 1.54) is 13.0 Å². The van der Waals surface area contributed by atoms with Crippen molar-refractivity contribution in [3.8, 4) is 0 Å². The highest BCUT2D eigenvalue weighted by molar-refractivity contribution is 4.84. The fourth-order valence-electron chi connectivity index (χ4n) is 1.23. The summed E-state index contributed by atoms with van der Waals surface area (Å²) >= 11 is 0. The van der Waals surface area contributed by atoms with Gasteiger partial charge in [0.05, 0.1) is 0 Å². The largest absolute Gasteiger partial charge is 0.304 e. The average molecular weight is 141 g/mol. The first-order valence-corrected chi connectivity index (χ1v) is 4.31. The monoisotopic (exact) mass is 141 g/mol. The smallest absolute Gasteiger partial charge is 0.00356 e. The molecule has 0 N–H and O–H groups in total. The van der Waals surface area contributed by atoms with Crippen LogP contribution in [-0.2, 0) is 0 Å². The summed E-state index contributed by atoms with van der Waals surface area (Å²) < 4.78 is 0. The Morgan fingerprint density at radius 3 is 2.30 bits per heavy atom. The second-order valence-electron chi connectivity index (χ2n) is 4.01. The minimum absolute atomic E-state index is 0.716. The lowest BCUT2D eigenvalue weighted by atomic mass is 10.3. The second-order valence-corrected chi connectivity index (χ2v) is 4.01. The van der Waals surface area contributed by atoms with Gasteiger partial charge in [0.25, 0.3) is 0 Å². The molecule has 1 rings (SSSR count). The van der Waals surface area contributed by atoms with E-state index in [1.807, 2.05) is 0 Å². The van der Waals surface area contributed by atoms with Crippen molar-refractivity contribution in [2.24, 2.45) is 11.8 Å². The second kappa shape index (κ2) is 2.91. The number of nitrogens with zero attached hydrogens (tertiary/aromatic N) is 1. The molecule has 0 aromatic carbocycles. The Balaban J connectivity index is 2.13. The average Bonchev–Trinajstić information content (AvgIpc) is 2.46. The summed E-state index contributed by atoms with van der Waals surface area (Å²) in [5.41, 5.74) is 0. The predicted octanol–water partition coefficient (Wildman–Crippen LogP) is 1.98. The molecular weight excluding hydrogens is 122 g/mol. The van der Waals surface area contributed by atoms with E-state index in [2.05, 4.69) is 32.7 Å². The lowest BCUT2D eigenvalue weighted by Crippen LogP contribution is -2.28. The van der Waals surface area contributed by atoms with Gasteiger partial charge in [0.1, 0.15) is 0 Å². The maximum Gasteiger partial charge on any atom is 0.00356 e. The summed E-state index contributed by atoms with van der Waals surface area (Å²) in [4.78, 5) is 2.44. The molecule has 1 nitrogen and oxygen atoms in total. The maximum absolute atomic E-state index is 2.44. The first-order valence-electron chi connectivity index (χ1n) is 4.31. The van der Waals surface area contributed by atoms with E-state index < -0.39 is 0 Å². The molecule has 0 aromatic rings. The lowest BCUT2D eigenvalue weighted by molar-refractivity contribution is 0.259. The van der Waals surface area contributed by atoms with Crippen LogP contribution in [0.5, 0.6) is 0 Å². The standard InChI is InChI=1S/C9H19N/c1-7(2)10(4)6-9-5-8(9)3/h7-9H,5-6H2,1-4H3/t8-,9-/m1/s1. The fourth-order valence-corrected chi connectivity index (χ4v) is 1.23. The van der Waals surface area contributed by atoms with Crippen LogP contribution in [0.15, 0.2) is 0 Å². The van der Waals surface area contributed by atoms with Crippen LogP contribution in [0.4, 0.5) is 0 Å². The van der Waals surface area contributed by atoms with Gasteiger partial charge in [-0.1, -0.05) is 6.92 Å². The van der Waals surface area contributed by atoms with Gasteiger partial charge in [-0.05, 0) is 39.2 Å². The molecule has 0 bridgehead atoms. The third kappa shape index (κ3) is 1.98. The zero-order valence-corrected chi connectivity index (χ0v) is 7.59. The fraction of sp³-hybridized carbons (Fsp3) is 1.00. The molecule has 1 fully saturated rings. The Bertz CT molecular complexity index is 109. The van der Waals surface area contributed by atoms with Gasteiger partial charge in [0.2, 0.25) is 0 Å². The lowest BCUT2D eigenvalue weighted by Gasteiger charge is -2.20. The number of rotatable bonds is 3. The van der Waals surface area contributed by atoms with Gasteiger partial charge in [-0.3, -0.25) is 0 Å². The summed E-state index contributed by atoms with van der Waals surface area (Å²) in [7, 11) is 2.22. The van der Waals surface area contributed by atoms with E-state index in [0.717, 1.165) is 11.8 Å². The molecule has 10 heavy (non-hydrogen) atoms. The van der Waals surface area contributed by atoms with Crippen LogP contribution in [0, 0.1) is 11.8 Å². The van der Waals surface area contributed by atoms with Gasteiger partial charge in [-0.2, -0.15) is 0 Å². The van der Waals surface area contributed by atoms with Crippen LogP contribution in [0.2, 0.25) is 0 Å². The minimum atomic E-state index is 0.716. The van der Waals surface area contributed by atoms with Crippen molar-refractivity contribution in [1.82, 2.24) is 4.90 Å². The minimum Gasteiger partial charge on any atom is -0.304 e. The van der Waals surface area contributed by atoms with Gasteiger partial charge in [-0.25, -0.2) is 0 Å². The van der Waals surface area contributed by atoms with E-state index >= 15 is 0 Å². The van der Waals surface area contributed by atoms with E-state index in [9.17, 15) is 0 Å². The van der Waals surface area contributed by atoms with Crippen molar-refractivity contribution < 1.29 is 0 Å². The highest BCUT2D eigenvalue weighted by Gasteiger charge is 2.33. The van der Waals surface area contributed by atoms with Crippen molar-refractivity contribution in [1.29, 1.82) is 0 Å². The molecule has 0 amide bonds. The molecule has 0 aliphatic heterocycles. The first kappa shape index (κ1) is 8.06. The van der Waals surface area contributed by atoms with Crippen LogP contribution in [0.3, 0.4) is 0 Å². The first-order chi connectivity index (χ1) is 4.61. The van der Waals surface area contributed by atoms with Gasteiger partial charge in [0.15, 0.2) is 0 Å². The van der Waals surface area contributed by atoms with Gasteiger partial charge in [0, 0.05) is 12.6 Å². The topological polar surface area (TPSA) is 3.24 Å². The molecule has 60 valence electrons. The van der Waals surface area contributed by atoms with Crippen LogP contribution in [0.1, 0.15) is 27.2 Å². The number of hydrogen-bond donors (Lipinski definition) is 0. The molecular formula is C9H19N. The van der Waals surface area contributed by atoms with Crippen LogP contribution >= 0.6 is 0 Å². The third-order valence-corrected chi connectivity index (χ3v) is 2.68. The van der Waals surface area contributed by atoms with Crippen LogP contribution in [0.25, 0.3) is 0 Å². The molecule has 2 atom stereocenters. The summed E-state index contributed by atoms with van der Waals surface area (Å²) in [5, 5.41) is 0. The molecule has 0 spiro atoms. The third-order valence-electron chi connectivity index (χ3n) is 2.68. The van der Waals surface area contributed by atoms with Crippen LogP contribution in [-0.4, -0.2) is 24.5 Å². The van der Waals surface area contributed by atoms with E-state index in [4.69, 9.17) is 0 Å². The highest BCUT2D eigenvalue weighted by atomic mass is 15.1. The zero-order chi connectivity index (χ0) is 7.72. The van der Waals surface area contributed by atoms with Gasteiger partial charge >= 0.3 is 0 Å². The molecule has 0 saturated heterocycles. The SMILES string of the molecule is CC(C)N(C)C[C@H]1C[C@H]1C. The van der Waals surface area contributed by atoms with E-state index in [-0.39, 0.29) is 0 Å². The Labute approximate surface area is 64.4 Å². The van der Waals surface area contributed by atoms with E-state index in [0.29, 0.717) is 6.04 Å². The van der Waals surface area contributed by atoms with E-state index in [1.54, 1.807) is 0 Å². The Morgan fingerprint density at radius 1 is 1.50 bits per heavy atom. The van der Waals surface area contributed by atoms with Crippen molar-refractivity contribution in [3.05, 3.63) is 0 Å². The van der Waals surface area contributed by atoms with Crippen molar-refractivity contribution in [2.45, 2.75) is 33.2 Å². The molecule has 1 aliphatic carbocycles. The summed E-state index contributed by atoms with van der Waals surface area (Å²) in [6.45, 7) is 8.16. The zero-order valence-electron chi connectivity index (χ0n) is 7.59. The quantitative estimate of drug-likeness (QED) is 0.581. The highest BCUT2D eigenvalue weighted by Crippen LogP contribution is 2.38. The molecule has 1 aliphatic rings. The molecule has 0 heterocycles. The molecule has 0 unspecified atom stereocenters. The maximum atomic E-state index is 2.44. The molecule has 0 aromatic heterocycles.